The number of carbonyl (C=O) groups excluding carboxylic acids is 3. The second kappa shape index (κ2) is 9.07. The lowest BCUT2D eigenvalue weighted by Gasteiger charge is -2.57. The molecule has 184 valence electrons. The van der Waals surface area contributed by atoms with Crippen molar-refractivity contribution < 1.29 is 23.9 Å². The molecule has 4 aliphatic rings. The maximum absolute atomic E-state index is 12.2. The first-order valence-electron chi connectivity index (χ1n) is 13.0. The topological polar surface area (TPSA) is 81.7 Å². The number of amides is 1. The Balaban J connectivity index is 1.58. The fourth-order valence-electron chi connectivity index (χ4n) is 7.83. The van der Waals surface area contributed by atoms with Gasteiger partial charge in [0.05, 0.1) is 6.04 Å². The van der Waals surface area contributed by atoms with Crippen LogP contribution in [0.3, 0.4) is 0 Å². The first-order chi connectivity index (χ1) is 15.6. The van der Waals surface area contributed by atoms with E-state index >= 15 is 0 Å². The molecule has 1 amide bonds. The Kier molecular flexibility index (Phi) is 6.67. The van der Waals surface area contributed by atoms with E-state index in [0.717, 1.165) is 44.9 Å². The van der Waals surface area contributed by atoms with Gasteiger partial charge in [-0.15, -0.1) is 0 Å². The highest BCUT2D eigenvalue weighted by atomic mass is 16.5. The van der Waals surface area contributed by atoms with Crippen molar-refractivity contribution in [1.29, 1.82) is 0 Å². The normalized spacial score (nSPS) is 41.7. The maximum Gasteiger partial charge on any atom is 0.305 e. The standard InChI is InChI=1S/C27H41NO5/c1-6-23(30)32-18-10-12-26(4)17(14-18)8-9-19-20(26)11-13-27(5)21(19)15-22(33-24(31)7-2)25(27)28-16(3)29/h8,18-22,25H,6-7,9-15H2,1-5H3,(H,28,29)/t18-,19+,20-,21-,22-,25-,26-,27-/m0/s1. The smallest absolute Gasteiger partial charge is 0.305 e. The highest BCUT2D eigenvalue weighted by Gasteiger charge is 2.62. The van der Waals surface area contributed by atoms with E-state index in [1.165, 1.54) is 5.57 Å². The molecule has 3 saturated carbocycles. The van der Waals surface area contributed by atoms with E-state index in [-0.39, 0.29) is 46.9 Å². The van der Waals surface area contributed by atoms with Gasteiger partial charge in [0.25, 0.3) is 0 Å². The molecule has 0 radical (unpaired) electrons. The highest BCUT2D eigenvalue weighted by Crippen LogP contribution is 2.65. The number of hydrogen-bond donors (Lipinski definition) is 1. The molecule has 0 aromatic carbocycles. The predicted octanol–water partition coefficient (Wildman–Crippen LogP) is 4.71. The van der Waals surface area contributed by atoms with Gasteiger partial charge in [-0.2, -0.15) is 0 Å². The molecule has 6 nitrogen and oxygen atoms in total. The molecule has 0 bridgehead atoms. The van der Waals surface area contributed by atoms with Crippen molar-refractivity contribution in [1.82, 2.24) is 5.32 Å². The minimum atomic E-state index is -0.252. The first-order valence-corrected chi connectivity index (χ1v) is 13.0. The molecule has 6 heteroatoms. The van der Waals surface area contributed by atoms with E-state index in [0.29, 0.717) is 30.6 Å². The summed E-state index contributed by atoms with van der Waals surface area (Å²) in [7, 11) is 0. The number of esters is 2. The van der Waals surface area contributed by atoms with Gasteiger partial charge in [-0.25, -0.2) is 0 Å². The monoisotopic (exact) mass is 459 g/mol. The minimum absolute atomic E-state index is 0.00986. The van der Waals surface area contributed by atoms with Crippen molar-refractivity contribution in [3.05, 3.63) is 11.6 Å². The van der Waals surface area contributed by atoms with Crippen molar-refractivity contribution >= 4 is 17.8 Å². The van der Waals surface area contributed by atoms with Crippen molar-refractivity contribution in [2.24, 2.45) is 28.6 Å². The molecule has 33 heavy (non-hydrogen) atoms. The van der Waals surface area contributed by atoms with Crippen LogP contribution in [0.4, 0.5) is 0 Å². The number of fused-ring (bicyclic) bond motifs is 5. The van der Waals surface area contributed by atoms with E-state index in [4.69, 9.17) is 9.47 Å². The van der Waals surface area contributed by atoms with E-state index < -0.39 is 0 Å². The molecular weight excluding hydrogens is 418 g/mol. The van der Waals surface area contributed by atoms with Crippen LogP contribution in [-0.2, 0) is 23.9 Å². The van der Waals surface area contributed by atoms with Crippen LogP contribution < -0.4 is 5.32 Å². The molecule has 0 aliphatic heterocycles. The number of hydrogen-bond acceptors (Lipinski definition) is 5. The fraction of sp³-hybridized carbons (Fsp3) is 0.815. The van der Waals surface area contributed by atoms with Crippen molar-refractivity contribution in [3.8, 4) is 0 Å². The number of ether oxygens (including phenoxy) is 2. The number of rotatable bonds is 5. The van der Waals surface area contributed by atoms with E-state index in [1.54, 1.807) is 6.92 Å². The van der Waals surface area contributed by atoms with Crippen LogP contribution in [0, 0.1) is 28.6 Å². The average molecular weight is 460 g/mol. The van der Waals surface area contributed by atoms with Crippen LogP contribution in [0.25, 0.3) is 0 Å². The first kappa shape index (κ1) is 24.3. The molecule has 0 unspecified atom stereocenters. The highest BCUT2D eigenvalue weighted by molar-refractivity contribution is 5.74. The van der Waals surface area contributed by atoms with Gasteiger partial charge >= 0.3 is 11.9 Å². The molecule has 0 aromatic rings. The van der Waals surface area contributed by atoms with Gasteiger partial charge in [0, 0.05) is 26.2 Å². The zero-order chi connectivity index (χ0) is 24.0. The van der Waals surface area contributed by atoms with E-state index in [9.17, 15) is 14.4 Å². The number of carbonyl (C=O) groups is 3. The fourth-order valence-corrected chi connectivity index (χ4v) is 7.83. The molecule has 0 saturated heterocycles. The molecule has 0 heterocycles. The summed E-state index contributed by atoms with van der Waals surface area (Å²) < 4.78 is 11.6. The van der Waals surface area contributed by atoms with Crippen LogP contribution in [0.2, 0.25) is 0 Å². The van der Waals surface area contributed by atoms with Crippen molar-refractivity contribution in [2.45, 2.75) is 111 Å². The Morgan fingerprint density at radius 2 is 1.73 bits per heavy atom. The summed E-state index contributed by atoms with van der Waals surface area (Å²) >= 11 is 0. The molecule has 1 N–H and O–H groups in total. The SMILES string of the molecule is CCC(=O)O[C@H]1CC[C@@]2(C)C(=CC[C@H]3[C@@H]4C[C@H](OC(=O)CC)[C@H](NC(C)=O)[C@@]4(C)CC[C@@H]32)C1. The molecule has 4 aliphatic carbocycles. The minimum Gasteiger partial charge on any atom is -0.462 e. The van der Waals surface area contributed by atoms with Gasteiger partial charge in [-0.3, -0.25) is 14.4 Å². The van der Waals surface area contributed by atoms with Gasteiger partial charge in [0.1, 0.15) is 12.2 Å². The second-order valence-electron chi connectivity index (χ2n) is 11.3. The summed E-state index contributed by atoms with van der Waals surface area (Å²) in [5.41, 5.74) is 1.54. The summed E-state index contributed by atoms with van der Waals surface area (Å²) in [5.74, 6) is 1.17. The third-order valence-corrected chi connectivity index (χ3v) is 9.58. The number of allylic oxidation sites excluding steroid dienone is 1. The molecule has 0 aromatic heterocycles. The predicted molar refractivity (Wildman–Crippen MR) is 125 cm³/mol. The zero-order valence-corrected chi connectivity index (χ0v) is 20.9. The van der Waals surface area contributed by atoms with Crippen LogP contribution in [0.5, 0.6) is 0 Å². The van der Waals surface area contributed by atoms with Crippen LogP contribution in [0.1, 0.15) is 92.4 Å². The lowest BCUT2D eigenvalue weighted by Crippen LogP contribution is -2.55. The van der Waals surface area contributed by atoms with Crippen molar-refractivity contribution in [3.63, 3.8) is 0 Å². The molecule has 8 atom stereocenters. The molecule has 4 rings (SSSR count). The Labute approximate surface area is 198 Å². The third-order valence-electron chi connectivity index (χ3n) is 9.58. The molecule has 0 spiro atoms. The van der Waals surface area contributed by atoms with Crippen molar-refractivity contribution in [2.75, 3.05) is 0 Å². The largest absolute Gasteiger partial charge is 0.462 e. The quantitative estimate of drug-likeness (QED) is 0.476. The summed E-state index contributed by atoms with van der Waals surface area (Å²) in [6, 6.07) is -0.126. The lowest BCUT2D eigenvalue weighted by molar-refractivity contribution is -0.151. The Hall–Kier alpha value is -1.85. The Bertz CT molecular complexity index is 836. The van der Waals surface area contributed by atoms with Gasteiger partial charge in [0.15, 0.2) is 0 Å². The maximum atomic E-state index is 12.2. The summed E-state index contributed by atoms with van der Waals surface area (Å²) in [5, 5.41) is 3.17. The van der Waals surface area contributed by atoms with Crippen LogP contribution >= 0.6 is 0 Å². The van der Waals surface area contributed by atoms with Crippen LogP contribution in [0.15, 0.2) is 11.6 Å². The second-order valence-corrected chi connectivity index (χ2v) is 11.3. The molecular formula is C27H41NO5. The van der Waals surface area contributed by atoms with Gasteiger partial charge in [-0.1, -0.05) is 39.3 Å². The van der Waals surface area contributed by atoms with E-state index in [1.807, 2.05) is 13.8 Å². The summed E-state index contributed by atoms with van der Waals surface area (Å²) in [6.45, 7) is 9.95. The number of nitrogens with one attached hydrogen (secondary N) is 1. The Morgan fingerprint density at radius 1 is 1.03 bits per heavy atom. The summed E-state index contributed by atoms with van der Waals surface area (Å²) in [6.07, 6.45) is 9.79. The van der Waals surface area contributed by atoms with Gasteiger partial charge < -0.3 is 14.8 Å². The van der Waals surface area contributed by atoms with Crippen LogP contribution in [-0.4, -0.2) is 36.1 Å². The zero-order valence-electron chi connectivity index (χ0n) is 20.9. The lowest BCUT2D eigenvalue weighted by atomic mass is 9.48. The van der Waals surface area contributed by atoms with Gasteiger partial charge in [0.2, 0.25) is 5.91 Å². The third kappa shape index (κ3) is 4.23. The molecule has 3 fully saturated rings. The average Bonchev–Trinajstić information content (AvgIpc) is 3.04. The summed E-state index contributed by atoms with van der Waals surface area (Å²) in [4.78, 5) is 36.1. The van der Waals surface area contributed by atoms with Gasteiger partial charge in [-0.05, 0) is 67.1 Å². The van der Waals surface area contributed by atoms with E-state index in [2.05, 4.69) is 25.2 Å². The Morgan fingerprint density at radius 3 is 2.39 bits per heavy atom.